The minimum absolute atomic E-state index is 0.502. The topological polar surface area (TPSA) is 52.0 Å². The van der Waals surface area contributed by atoms with E-state index in [9.17, 15) is 0 Å². The predicted molar refractivity (Wildman–Crippen MR) is 82.4 cm³/mol. The Bertz CT molecular complexity index is 744. The number of hydrogen-bond acceptors (Lipinski definition) is 3. The first kappa shape index (κ1) is 12.7. The Morgan fingerprint density at radius 1 is 1.10 bits per heavy atom. The third-order valence-electron chi connectivity index (χ3n) is 3.44. The Morgan fingerprint density at radius 2 is 1.85 bits per heavy atom. The Hall–Kier alpha value is -2.29. The van der Waals surface area contributed by atoms with E-state index < -0.39 is 0 Å². The summed E-state index contributed by atoms with van der Waals surface area (Å²) in [6.07, 6.45) is 0.873. The van der Waals surface area contributed by atoms with Crippen LogP contribution in [0.3, 0.4) is 0 Å². The van der Waals surface area contributed by atoms with Crippen LogP contribution in [-0.2, 0) is 6.42 Å². The van der Waals surface area contributed by atoms with Gasteiger partial charge in [-0.2, -0.15) is 0 Å². The van der Waals surface area contributed by atoms with Crippen LogP contribution in [0.1, 0.15) is 19.4 Å². The van der Waals surface area contributed by atoms with Gasteiger partial charge < -0.3 is 10.3 Å². The highest BCUT2D eigenvalue weighted by Gasteiger charge is 2.16. The first-order valence-electron chi connectivity index (χ1n) is 6.88. The zero-order chi connectivity index (χ0) is 14.1. The zero-order valence-corrected chi connectivity index (χ0v) is 11.8. The summed E-state index contributed by atoms with van der Waals surface area (Å²) in [6.45, 7) is 4.33. The summed E-state index contributed by atoms with van der Waals surface area (Å²) in [5.74, 6) is 1.81. The Balaban J connectivity index is 2.11. The smallest absolute Gasteiger partial charge is 0.172 e. The number of rotatable bonds is 3. The number of benzene rings is 2. The summed E-state index contributed by atoms with van der Waals surface area (Å²) in [6, 6.07) is 14.6. The molecule has 0 saturated heterocycles. The lowest BCUT2D eigenvalue weighted by Crippen LogP contribution is -1.98. The van der Waals surface area contributed by atoms with Crippen LogP contribution in [0.2, 0.25) is 0 Å². The molecule has 0 bridgehead atoms. The second kappa shape index (κ2) is 5.00. The molecule has 20 heavy (non-hydrogen) atoms. The molecule has 0 aliphatic carbocycles. The van der Waals surface area contributed by atoms with E-state index in [0.29, 0.717) is 11.7 Å². The second-order valence-corrected chi connectivity index (χ2v) is 5.54. The van der Waals surface area contributed by atoms with Gasteiger partial charge in [0.15, 0.2) is 11.6 Å². The lowest BCUT2D eigenvalue weighted by atomic mass is 9.98. The van der Waals surface area contributed by atoms with Gasteiger partial charge in [0.05, 0.1) is 0 Å². The van der Waals surface area contributed by atoms with E-state index >= 15 is 0 Å². The molecule has 0 fully saturated rings. The molecule has 0 radical (unpaired) electrons. The molecule has 0 atom stereocenters. The molecule has 0 spiro atoms. The van der Waals surface area contributed by atoms with E-state index in [0.717, 1.165) is 23.3 Å². The van der Waals surface area contributed by atoms with Gasteiger partial charge in [0.2, 0.25) is 0 Å². The van der Waals surface area contributed by atoms with Crippen molar-refractivity contribution >= 4 is 16.6 Å². The molecule has 3 heteroatoms. The molecule has 3 nitrogen and oxygen atoms in total. The van der Waals surface area contributed by atoms with Crippen LogP contribution >= 0.6 is 0 Å². The monoisotopic (exact) mass is 266 g/mol. The van der Waals surface area contributed by atoms with Gasteiger partial charge >= 0.3 is 0 Å². The van der Waals surface area contributed by atoms with Gasteiger partial charge in [-0.25, -0.2) is 0 Å². The fourth-order valence-electron chi connectivity index (χ4n) is 2.48. The van der Waals surface area contributed by atoms with Gasteiger partial charge in [0.1, 0.15) is 0 Å². The summed E-state index contributed by atoms with van der Waals surface area (Å²) in [7, 11) is 0. The normalized spacial score (nSPS) is 11.3. The Labute approximate surface area is 118 Å². The summed E-state index contributed by atoms with van der Waals surface area (Å²) >= 11 is 0. The highest BCUT2D eigenvalue weighted by atomic mass is 16.5. The van der Waals surface area contributed by atoms with Gasteiger partial charge in [0.25, 0.3) is 0 Å². The molecule has 2 N–H and O–H groups in total. The minimum atomic E-state index is 0.502. The molecule has 3 aromatic rings. The fourth-order valence-corrected chi connectivity index (χ4v) is 2.48. The summed E-state index contributed by atoms with van der Waals surface area (Å²) in [5, 5.41) is 6.34. The number of hydrogen-bond donors (Lipinski definition) is 1. The zero-order valence-electron chi connectivity index (χ0n) is 11.8. The maximum absolute atomic E-state index is 5.93. The number of fused-ring (bicyclic) bond motifs is 1. The minimum Gasteiger partial charge on any atom is -0.381 e. The van der Waals surface area contributed by atoms with Crippen molar-refractivity contribution in [2.75, 3.05) is 5.73 Å². The summed E-state index contributed by atoms with van der Waals surface area (Å²) in [4.78, 5) is 0. The molecule has 0 unspecified atom stereocenters. The molecular formula is C17H18N2O. The van der Waals surface area contributed by atoms with Crippen LogP contribution in [0.5, 0.6) is 0 Å². The highest BCUT2D eigenvalue weighted by molar-refractivity contribution is 5.87. The molecule has 0 saturated carbocycles. The standard InChI is InChI=1S/C17H18N2O/c1-11(2)9-15-16(20-19-17(15)18)14-8-7-12-5-3-4-6-13(12)10-14/h3-8,10-11H,9H2,1-2H3,(H2,18,19). The summed E-state index contributed by atoms with van der Waals surface area (Å²) in [5.41, 5.74) is 7.98. The molecule has 3 rings (SSSR count). The fraction of sp³-hybridized carbons (Fsp3) is 0.235. The largest absolute Gasteiger partial charge is 0.381 e. The van der Waals surface area contributed by atoms with Crippen molar-refractivity contribution in [3.8, 4) is 11.3 Å². The average molecular weight is 266 g/mol. The molecule has 0 aliphatic rings. The van der Waals surface area contributed by atoms with Gasteiger partial charge in [-0.05, 0) is 29.2 Å². The van der Waals surface area contributed by atoms with E-state index in [1.165, 1.54) is 10.8 Å². The average Bonchev–Trinajstić information content (AvgIpc) is 2.79. The quantitative estimate of drug-likeness (QED) is 0.770. The highest BCUT2D eigenvalue weighted by Crippen LogP contribution is 2.31. The number of nitrogens with zero attached hydrogens (tertiary/aromatic N) is 1. The van der Waals surface area contributed by atoms with E-state index in [1.54, 1.807) is 0 Å². The van der Waals surface area contributed by atoms with Gasteiger partial charge in [-0.3, -0.25) is 0 Å². The van der Waals surface area contributed by atoms with Crippen molar-refractivity contribution in [1.82, 2.24) is 5.16 Å². The van der Waals surface area contributed by atoms with Crippen molar-refractivity contribution in [1.29, 1.82) is 0 Å². The van der Waals surface area contributed by atoms with Crippen molar-refractivity contribution < 1.29 is 4.52 Å². The van der Waals surface area contributed by atoms with Crippen molar-refractivity contribution in [2.45, 2.75) is 20.3 Å². The van der Waals surface area contributed by atoms with E-state index in [2.05, 4.69) is 49.3 Å². The lowest BCUT2D eigenvalue weighted by Gasteiger charge is -2.06. The maximum atomic E-state index is 5.93. The molecule has 0 aliphatic heterocycles. The maximum Gasteiger partial charge on any atom is 0.172 e. The van der Waals surface area contributed by atoms with Crippen LogP contribution in [0.25, 0.3) is 22.1 Å². The number of aromatic nitrogens is 1. The number of nitrogens with two attached hydrogens (primary N) is 1. The van der Waals surface area contributed by atoms with Crippen molar-refractivity contribution in [3.05, 3.63) is 48.0 Å². The van der Waals surface area contributed by atoms with E-state index in [1.807, 2.05) is 12.1 Å². The van der Waals surface area contributed by atoms with Gasteiger partial charge in [0, 0.05) is 11.1 Å². The summed E-state index contributed by atoms with van der Waals surface area (Å²) < 4.78 is 5.46. The number of anilines is 1. The van der Waals surface area contributed by atoms with Crippen LogP contribution < -0.4 is 5.73 Å². The van der Waals surface area contributed by atoms with E-state index in [-0.39, 0.29) is 0 Å². The molecule has 102 valence electrons. The second-order valence-electron chi connectivity index (χ2n) is 5.54. The SMILES string of the molecule is CC(C)Cc1c(N)noc1-c1ccc2ccccc2c1. The van der Waals surface area contributed by atoms with Gasteiger partial charge in [-0.1, -0.05) is 55.4 Å². The predicted octanol–water partition coefficient (Wildman–Crippen LogP) is 4.28. The molecule has 1 heterocycles. The Morgan fingerprint density at radius 3 is 2.60 bits per heavy atom. The number of nitrogen functional groups attached to an aromatic ring is 1. The van der Waals surface area contributed by atoms with Crippen LogP contribution in [-0.4, -0.2) is 5.16 Å². The molecule has 0 amide bonds. The third-order valence-corrected chi connectivity index (χ3v) is 3.44. The lowest BCUT2D eigenvalue weighted by molar-refractivity contribution is 0.434. The third kappa shape index (κ3) is 2.27. The molecule has 2 aromatic carbocycles. The van der Waals surface area contributed by atoms with Crippen molar-refractivity contribution in [3.63, 3.8) is 0 Å². The molecular weight excluding hydrogens is 248 g/mol. The van der Waals surface area contributed by atoms with Crippen LogP contribution in [0.15, 0.2) is 47.0 Å². The Kier molecular flexibility index (Phi) is 3.18. The first-order chi connectivity index (χ1) is 9.65. The molecule has 1 aromatic heterocycles. The van der Waals surface area contributed by atoms with E-state index in [4.69, 9.17) is 10.3 Å². The van der Waals surface area contributed by atoms with Crippen LogP contribution in [0.4, 0.5) is 5.82 Å². The van der Waals surface area contributed by atoms with Crippen molar-refractivity contribution in [2.24, 2.45) is 5.92 Å². The van der Waals surface area contributed by atoms with Gasteiger partial charge in [-0.15, -0.1) is 0 Å². The first-order valence-corrected chi connectivity index (χ1v) is 6.88. The van der Waals surface area contributed by atoms with Crippen LogP contribution in [0, 0.1) is 5.92 Å².